The van der Waals surface area contributed by atoms with Gasteiger partial charge in [0.25, 0.3) is 0 Å². The highest BCUT2D eigenvalue weighted by molar-refractivity contribution is 7.99. The summed E-state index contributed by atoms with van der Waals surface area (Å²) in [5.74, 6) is 2.23. The van der Waals surface area contributed by atoms with E-state index in [1.165, 1.54) is 11.8 Å². The quantitative estimate of drug-likeness (QED) is 0.297. The average molecular weight is 536 g/mol. The first-order valence-electron chi connectivity index (χ1n) is 9.18. The van der Waals surface area contributed by atoms with Crippen LogP contribution in [0, 0.1) is 0 Å². The molecule has 0 atom stereocenters. The molecule has 0 aliphatic carbocycles. The highest BCUT2D eigenvalue weighted by Gasteiger charge is 2.14. The summed E-state index contributed by atoms with van der Waals surface area (Å²) in [5.41, 5.74) is 1.50. The van der Waals surface area contributed by atoms with Crippen LogP contribution in [-0.2, 0) is 22.8 Å². The van der Waals surface area contributed by atoms with Crippen LogP contribution in [0.15, 0.2) is 41.6 Å². The Hall–Kier alpha value is -1.09. The molecule has 0 spiro atoms. The molecule has 0 saturated heterocycles. The van der Waals surface area contributed by atoms with Gasteiger partial charge >= 0.3 is 0 Å². The lowest BCUT2D eigenvalue weighted by atomic mass is 10.2. The fourth-order valence-corrected chi connectivity index (χ4v) is 5.33. The lowest BCUT2D eigenvalue weighted by Crippen LogP contribution is -2.15. The maximum absolute atomic E-state index is 12.3. The number of hydrogen-bond acceptors (Lipinski definition) is 5. The molecule has 3 rings (SSSR count). The fourth-order valence-electron chi connectivity index (χ4n) is 2.65. The first-order valence-corrected chi connectivity index (χ1v) is 12.8. The van der Waals surface area contributed by atoms with Gasteiger partial charge in [-0.2, -0.15) is 0 Å². The van der Waals surface area contributed by atoms with E-state index in [4.69, 9.17) is 46.4 Å². The van der Waals surface area contributed by atoms with Gasteiger partial charge in [0.2, 0.25) is 5.91 Å². The van der Waals surface area contributed by atoms with Crippen LogP contribution in [0.3, 0.4) is 0 Å². The zero-order valence-corrected chi connectivity index (χ0v) is 21.0. The SMILES string of the molecule is CCn1c(CSCc2ccc(Cl)cc2Cl)nnc1SCC(=O)Nc1cc(Cl)ccc1Cl. The normalized spacial score (nSPS) is 11.0. The van der Waals surface area contributed by atoms with Gasteiger partial charge in [0, 0.05) is 27.4 Å². The van der Waals surface area contributed by atoms with Gasteiger partial charge in [-0.15, -0.1) is 22.0 Å². The number of nitrogens with one attached hydrogen (secondary N) is 1. The first kappa shape index (κ1) is 24.6. The number of carbonyl (C=O) groups is 1. The molecule has 5 nitrogen and oxygen atoms in total. The second kappa shape index (κ2) is 11.7. The number of carbonyl (C=O) groups excluding carboxylic acids is 1. The molecule has 0 unspecified atom stereocenters. The summed E-state index contributed by atoms with van der Waals surface area (Å²) < 4.78 is 2.00. The molecular weight excluding hydrogens is 518 g/mol. The summed E-state index contributed by atoms with van der Waals surface area (Å²) in [6.45, 7) is 2.72. The lowest BCUT2D eigenvalue weighted by Gasteiger charge is -2.09. The maximum Gasteiger partial charge on any atom is 0.234 e. The molecule has 0 radical (unpaired) electrons. The van der Waals surface area contributed by atoms with Crippen molar-refractivity contribution in [3.05, 3.63) is 67.9 Å². The van der Waals surface area contributed by atoms with E-state index >= 15 is 0 Å². The van der Waals surface area contributed by atoms with E-state index < -0.39 is 0 Å². The van der Waals surface area contributed by atoms with Crippen molar-refractivity contribution in [3.63, 3.8) is 0 Å². The van der Waals surface area contributed by atoms with Crippen LogP contribution in [0.25, 0.3) is 0 Å². The molecule has 1 aromatic heterocycles. The van der Waals surface area contributed by atoms with Crippen molar-refractivity contribution in [1.82, 2.24) is 14.8 Å². The summed E-state index contributed by atoms with van der Waals surface area (Å²) in [6.07, 6.45) is 0. The molecule has 3 aromatic rings. The molecule has 1 N–H and O–H groups in total. The van der Waals surface area contributed by atoms with Crippen LogP contribution in [0.4, 0.5) is 5.69 Å². The Morgan fingerprint density at radius 2 is 1.74 bits per heavy atom. The van der Waals surface area contributed by atoms with Crippen molar-refractivity contribution < 1.29 is 4.79 Å². The van der Waals surface area contributed by atoms with Crippen molar-refractivity contribution in [3.8, 4) is 0 Å². The van der Waals surface area contributed by atoms with Crippen molar-refractivity contribution in [2.45, 2.75) is 30.1 Å². The zero-order valence-electron chi connectivity index (χ0n) is 16.4. The second-order valence-corrected chi connectivity index (χ2v) is 9.95. The standard InChI is InChI=1S/C20H18Cl4N4OS2/c1-2-28-18(10-30-9-12-3-4-13(21)7-16(12)24)26-27-20(28)31-11-19(29)25-17-8-14(22)5-6-15(17)23/h3-8H,2,9-11H2,1H3,(H,25,29). The second-order valence-electron chi connectivity index (χ2n) is 6.33. The minimum absolute atomic E-state index is 0.175. The minimum Gasteiger partial charge on any atom is -0.324 e. The van der Waals surface area contributed by atoms with Crippen LogP contribution in [0.1, 0.15) is 18.3 Å². The molecule has 31 heavy (non-hydrogen) atoms. The van der Waals surface area contributed by atoms with Crippen molar-refractivity contribution in [2.75, 3.05) is 11.1 Å². The molecule has 0 aliphatic rings. The van der Waals surface area contributed by atoms with E-state index in [2.05, 4.69) is 15.5 Å². The highest BCUT2D eigenvalue weighted by Crippen LogP contribution is 2.28. The Kier molecular flexibility index (Phi) is 9.25. The molecule has 1 heterocycles. The van der Waals surface area contributed by atoms with E-state index in [9.17, 15) is 4.79 Å². The van der Waals surface area contributed by atoms with Gasteiger partial charge in [-0.25, -0.2) is 0 Å². The molecule has 2 aromatic carbocycles. The predicted molar refractivity (Wildman–Crippen MR) is 133 cm³/mol. The Balaban J connectivity index is 1.55. The molecule has 164 valence electrons. The van der Waals surface area contributed by atoms with Crippen LogP contribution in [0.2, 0.25) is 20.1 Å². The van der Waals surface area contributed by atoms with Gasteiger partial charge in [-0.3, -0.25) is 4.79 Å². The maximum atomic E-state index is 12.3. The minimum atomic E-state index is -0.201. The Morgan fingerprint density at radius 1 is 1.00 bits per heavy atom. The van der Waals surface area contributed by atoms with E-state index in [0.717, 1.165) is 17.1 Å². The molecule has 0 fully saturated rings. The molecule has 0 aliphatic heterocycles. The topological polar surface area (TPSA) is 59.8 Å². The molecule has 0 bridgehead atoms. The van der Waals surface area contributed by atoms with Crippen molar-refractivity contribution >= 4 is 81.5 Å². The van der Waals surface area contributed by atoms with E-state index in [-0.39, 0.29) is 11.7 Å². The highest BCUT2D eigenvalue weighted by atomic mass is 35.5. The molecule has 1 amide bonds. The average Bonchev–Trinajstić information content (AvgIpc) is 3.12. The number of rotatable bonds is 9. The largest absolute Gasteiger partial charge is 0.324 e. The summed E-state index contributed by atoms with van der Waals surface area (Å²) in [5, 5.41) is 14.2. The number of halogens is 4. The first-order chi connectivity index (χ1) is 14.9. The monoisotopic (exact) mass is 534 g/mol. The number of hydrogen-bond donors (Lipinski definition) is 1. The number of anilines is 1. The third kappa shape index (κ3) is 6.94. The number of benzene rings is 2. The summed E-state index contributed by atoms with van der Waals surface area (Å²) in [7, 11) is 0. The molecule has 11 heteroatoms. The summed E-state index contributed by atoms with van der Waals surface area (Å²) >= 11 is 27.2. The van der Waals surface area contributed by atoms with Crippen LogP contribution in [0.5, 0.6) is 0 Å². The van der Waals surface area contributed by atoms with E-state index in [1.54, 1.807) is 36.0 Å². The number of thioether (sulfide) groups is 2. The molecule has 0 saturated carbocycles. The number of amides is 1. The van der Waals surface area contributed by atoms with Crippen molar-refractivity contribution in [1.29, 1.82) is 0 Å². The molecular formula is C20H18Cl4N4OS2. The summed E-state index contributed by atoms with van der Waals surface area (Å²) in [4.78, 5) is 12.3. The van der Waals surface area contributed by atoms with Gasteiger partial charge in [0.15, 0.2) is 5.16 Å². The Morgan fingerprint density at radius 3 is 2.48 bits per heavy atom. The van der Waals surface area contributed by atoms with Gasteiger partial charge in [-0.1, -0.05) is 64.2 Å². The Bertz CT molecular complexity index is 1080. The lowest BCUT2D eigenvalue weighted by molar-refractivity contribution is -0.113. The Labute approximate surface area is 209 Å². The van der Waals surface area contributed by atoms with Crippen molar-refractivity contribution in [2.24, 2.45) is 0 Å². The smallest absolute Gasteiger partial charge is 0.234 e. The third-order valence-electron chi connectivity index (χ3n) is 4.15. The van der Waals surface area contributed by atoms with Gasteiger partial charge in [0.05, 0.1) is 22.2 Å². The van der Waals surface area contributed by atoms with E-state index in [0.29, 0.717) is 43.2 Å². The van der Waals surface area contributed by atoms with Crippen LogP contribution < -0.4 is 5.32 Å². The number of nitrogens with zero attached hydrogens (tertiary/aromatic N) is 3. The summed E-state index contributed by atoms with van der Waals surface area (Å²) in [6, 6.07) is 10.4. The van der Waals surface area contributed by atoms with Crippen LogP contribution in [-0.4, -0.2) is 26.4 Å². The zero-order chi connectivity index (χ0) is 22.4. The van der Waals surface area contributed by atoms with Crippen LogP contribution >= 0.6 is 69.9 Å². The fraction of sp³-hybridized carbons (Fsp3) is 0.250. The van der Waals surface area contributed by atoms with Gasteiger partial charge in [-0.05, 0) is 42.8 Å². The van der Waals surface area contributed by atoms with Gasteiger partial charge in [0.1, 0.15) is 5.82 Å². The third-order valence-corrected chi connectivity index (χ3v) is 7.24. The van der Waals surface area contributed by atoms with Gasteiger partial charge < -0.3 is 9.88 Å². The van der Waals surface area contributed by atoms with E-state index in [1.807, 2.05) is 23.6 Å². The number of aromatic nitrogens is 3. The predicted octanol–water partition coefficient (Wildman–Crippen LogP) is 7.08.